The van der Waals surface area contributed by atoms with E-state index in [1.165, 1.54) is 11.8 Å². The molecule has 24 heavy (non-hydrogen) atoms. The minimum atomic E-state index is 0.427. The van der Waals surface area contributed by atoms with E-state index in [1.807, 2.05) is 54.6 Å². The van der Waals surface area contributed by atoms with Crippen LogP contribution in [-0.2, 0) is 0 Å². The van der Waals surface area contributed by atoms with Gasteiger partial charge in [0.05, 0.1) is 18.5 Å². The lowest BCUT2D eigenvalue weighted by molar-refractivity contribution is 0.319. The normalized spacial score (nSPS) is 11.5. The van der Waals surface area contributed by atoms with E-state index < -0.39 is 0 Å². The van der Waals surface area contributed by atoms with Gasteiger partial charge in [0, 0.05) is 11.3 Å². The molecule has 2 aromatic carbocycles. The van der Waals surface area contributed by atoms with Crippen molar-refractivity contribution in [1.29, 1.82) is 0 Å². The third kappa shape index (κ3) is 3.54. The zero-order valence-corrected chi connectivity index (χ0v) is 13.7. The average molecular weight is 341 g/mol. The number of para-hydroxylation sites is 1. The van der Waals surface area contributed by atoms with E-state index in [1.54, 1.807) is 11.8 Å². The third-order valence-electron chi connectivity index (χ3n) is 3.32. The maximum atomic E-state index is 9.31. The van der Waals surface area contributed by atoms with Crippen molar-refractivity contribution >= 4 is 17.5 Å². The van der Waals surface area contributed by atoms with Crippen LogP contribution in [0, 0.1) is 0 Å². The summed E-state index contributed by atoms with van der Waals surface area (Å²) < 4.78 is 6.78. The Balaban J connectivity index is 1.74. The van der Waals surface area contributed by atoms with Crippen LogP contribution in [0.25, 0.3) is 5.69 Å². The van der Waals surface area contributed by atoms with Crippen molar-refractivity contribution < 1.29 is 9.94 Å². The molecule has 8 heteroatoms. The van der Waals surface area contributed by atoms with Gasteiger partial charge in [-0.2, -0.15) is 4.68 Å². The minimum Gasteiger partial charge on any atom is -0.497 e. The van der Waals surface area contributed by atoms with Crippen molar-refractivity contribution in [2.24, 2.45) is 5.16 Å². The quantitative estimate of drug-likeness (QED) is 0.321. The summed E-state index contributed by atoms with van der Waals surface area (Å²) in [5.74, 6) is 1.17. The van der Waals surface area contributed by atoms with Gasteiger partial charge in [0.15, 0.2) is 0 Å². The Bertz CT molecular complexity index is 818. The van der Waals surface area contributed by atoms with Gasteiger partial charge in [-0.15, -0.1) is 5.10 Å². The first-order valence-corrected chi connectivity index (χ1v) is 8.12. The van der Waals surface area contributed by atoms with Gasteiger partial charge in [0.1, 0.15) is 5.75 Å². The first-order valence-electron chi connectivity index (χ1n) is 7.14. The SMILES string of the molecule is COc1ccc(/C(CSc2nnnn2-c2ccccc2)=N\O)cc1. The fraction of sp³-hybridized carbons (Fsp3) is 0.125. The highest BCUT2D eigenvalue weighted by atomic mass is 32.2. The molecule has 0 aliphatic heterocycles. The van der Waals surface area contributed by atoms with Gasteiger partial charge >= 0.3 is 0 Å². The van der Waals surface area contributed by atoms with E-state index in [2.05, 4.69) is 20.7 Å². The number of thioether (sulfide) groups is 1. The summed E-state index contributed by atoms with van der Waals surface area (Å²) in [5.41, 5.74) is 2.21. The molecule has 1 aromatic heterocycles. The fourth-order valence-corrected chi connectivity index (χ4v) is 2.94. The molecule has 0 bridgehead atoms. The van der Waals surface area contributed by atoms with Crippen LogP contribution >= 0.6 is 11.8 Å². The number of oxime groups is 1. The van der Waals surface area contributed by atoms with E-state index >= 15 is 0 Å². The first kappa shape index (κ1) is 16.0. The minimum absolute atomic E-state index is 0.427. The highest BCUT2D eigenvalue weighted by molar-refractivity contribution is 7.99. The molecule has 7 nitrogen and oxygen atoms in total. The van der Waals surface area contributed by atoms with Crippen molar-refractivity contribution in [2.45, 2.75) is 5.16 Å². The number of ether oxygens (including phenoxy) is 1. The summed E-state index contributed by atoms with van der Waals surface area (Å²) in [5, 5.41) is 25.1. The summed E-state index contributed by atoms with van der Waals surface area (Å²) in [6.45, 7) is 0. The first-order chi connectivity index (χ1) is 11.8. The summed E-state index contributed by atoms with van der Waals surface area (Å²) in [6, 6.07) is 16.9. The zero-order valence-electron chi connectivity index (χ0n) is 12.9. The van der Waals surface area contributed by atoms with Crippen LogP contribution in [-0.4, -0.2) is 44.0 Å². The van der Waals surface area contributed by atoms with Crippen LogP contribution in [0.3, 0.4) is 0 Å². The number of nitrogens with zero attached hydrogens (tertiary/aromatic N) is 5. The van der Waals surface area contributed by atoms with Crippen molar-refractivity contribution in [2.75, 3.05) is 12.9 Å². The number of hydrogen-bond donors (Lipinski definition) is 1. The fourth-order valence-electron chi connectivity index (χ4n) is 2.09. The van der Waals surface area contributed by atoms with Gasteiger partial charge in [-0.1, -0.05) is 35.1 Å². The monoisotopic (exact) mass is 341 g/mol. The Morgan fingerprint density at radius 3 is 2.58 bits per heavy atom. The molecular weight excluding hydrogens is 326 g/mol. The lowest BCUT2D eigenvalue weighted by atomic mass is 10.1. The van der Waals surface area contributed by atoms with E-state index in [9.17, 15) is 5.21 Å². The van der Waals surface area contributed by atoms with Crippen LogP contribution < -0.4 is 4.74 Å². The van der Waals surface area contributed by atoms with Crippen LogP contribution in [0.15, 0.2) is 64.9 Å². The Hall–Kier alpha value is -2.87. The lowest BCUT2D eigenvalue weighted by Gasteiger charge is -2.06. The van der Waals surface area contributed by atoms with Crippen molar-refractivity contribution in [3.05, 3.63) is 60.2 Å². The molecule has 0 spiro atoms. The largest absolute Gasteiger partial charge is 0.497 e. The topological polar surface area (TPSA) is 85.4 Å². The number of rotatable bonds is 6. The second kappa shape index (κ2) is 7.60. The molecule has 3 rings (SSSR count). The second-order valence-electron chi connectivity index (χ2n) is 4.77. The number of hydrogen-bond acceptors (Lipinski definition) is 7. The van der Waals surface area contributed by atoms with Gasteiger partial charge in [-0.3, -0.25) is 0 Å². The van der Waals surface area contributed by atoms with Gasteiger partial charge in [0.2, 0.25) is 5.16 Å². The Kier molecular flexibility index (Phi) is 5.07. The van der Waals surface area contributed by atoms with Crippen LogP contribution in [0.2, 0.25) is 0 Å². The van der Waals surface area contributed by atoms with Gasteiger partial charge in [0.25, 0.3) is 0 Å². The molecule has 3 aromatic rings. The van der Waals surface area contributed by atoms with E-state index in [0.29, 0.717) is 16.6 Å². The van der Waals surface area contributed by atoms with Crippen LogP contribution in [0.5, 0.6) is 5.75 Å². The van der Waals surface area contributed by atoms with Crippen molar-refractivity contribution in [1.82, 2.24) is 20.2 Å². The highest BCUT2D eigenvalue weighted by Gasteiger charge is 2.12. The van der Waals surface area contributed by atoms with E-state index in [4.69, 9.17) is 4.74 Å². The van der Waals surface area contributed by atoms with Crippen LogP contribution in [0.1, 0.15) is 5.56 Å². The molecule has 0 atom stereocenters. The lowest BCUT2D eigenvalue weighted by Crippen LogP contribution is -2.06. The maximum Gasteiger partial charge on any atom is 0.214 e. The summed E-state index contributed by atoms with van der Waals surface area (Å²) in [4.78, 5) is 0. The Morgan fingerprint density at radius 1 is 1.17 bits per heavy atom. The smallest absolute Gasteiger partial charge is 0.214 e. The predicted octanol–water partition coefficient (Wildman–Crippen LogP) is 2.64. The molecular formula is C16H15N5O2S. The third-order valence-corrected chi connectivity index (χ3v) is 4.25. The molecule has 122 valence electrons. The summed E-state index contributed by atoms with van der Waals surface area (Å²) in [6.07, 6.45) is 0. The molecule has 0 saturated heterocycles. The molecule has 0 fully saturated rings. The number of tetrazole rings is 1. The van der Waals surface area contributed by atoms with Gasteiger partial charge < -0.3 is 9.94 Å². The maximum absolute atomic E-state index is 9.31. The summed E-state index contributed by atoms with van der Waals surface area (Å²) in [7, 11) is 1.61. The Labute approximate surface area is 143 Å². The Morgan fingerprint density at radius 2 is 1.92 bits per heavy atom. The summed E-state index contributed by atoms with van der Waals surface area (Å²) >= 11 is 1.39. The number of benzene rings is 2. The molecule has 0 unspecified atom stereocenters. The van der Waals surface area contributed by atoms with Crippen molar-refractivity contribution in [3.8, 4) is 11.4 Å². The van der Waals surface area contributed by atoms with E-state index in [0.717, 1.165) is 17.0 Å². The molecule has 1 heterocycles. The van der Waals surface area contributed by atoms with Gasteiger partial charge in [-0.25, -0.2) is 0 Å². The van der Waals surface area contributed by atoms with Gasteiger partial charge in [-0.05, 0) is 46.8 Å². The number of methoxy groups -OCH3 is 1. The molecule has 1 N–H and O–H groups in total. The number of aromatic nitrogens is 4. The molecule has 0 amide bonds. The predicted molar refractivity (Wildman–Crippen MR) is 91.2 cm³/mol. The van der Waals surface area contributed by atoms with Crippen LogP contribution in [0.4, 0.5) is 0 Å². The van der Waals surface area contributed by atoms with Crippen molar-refractivity contribution in [3.63, 3.8) is 0 Å². The average Bonchev–Trinajstić information content (AvgIpc) is 3.12. The molecule has 0 saturated carbocycles. The molecule has 0 aliphatic carbocycles. The zero-order chi connectivity index (χ0) is 16.8. The van der Waals surface area contributed by atoms with E-state index in [-0.39, 0.29) is 0 Å². The second-order valence-corrected chi connectivity index (χ2v) is 5.72. The highest BCUT2D eigenvalue weighted by Crippen LogP contribution is 2.20. The standard InChI is InChI=1S/C16H15N5O2S/c1-23-14-9-7-12(8-10-14)15(18-22)11-24-16-17-19-20-21(16)13-5-3-2-4-6-13/h2-10,22H,11H2,1H3/b18-15-. The molecule has 0 aliphatic rings. The molecule has 0 radical (unpaired) electrons.